The maximum Gasteiger partial charge on any atom is 0.319 e. The molecule has 128 valence electrons. The van der Waals surface area contributed by atoms with Crippen molar-refractivity contribution in [2.45, 2.75) is 18.9 Å². The third-order valence-electron chi connectivity index (χ3n) is 4.09. The summed E-state index contributed by atoms with van der Waals surface area (Å²) in [6, 6.07) is 8.48. The molecule has 1 atom stereocenters. The summed E-state index contributed by atoms with van der Waals surface area (Å²) in [7, 11) is 0. The van der Waals surface area contributed by atoms with Gasteiger partial charge in [-0.05, 0) is 56.3 Å². The Balaban J connectivity index is 1.60. The van der Waals surface area contributed by atoms with E-state index in [1.807, 2.05) is 12.1 Å². The van der Waals surface area contributed by atoms with Crippen LogP contribution in [-0.4, -0.2) is 30.6 Å². The highest BCUT2D eigenvalue weighted by atomic mass is 35.5. The normalized spacial score (nSPS) is 16.1. The number of carbonyl (C=O) groups is 1. The number of amides is 2. The first kappa shape index (κ1) is 17.1. The standard InChI is InChI=1S/C17H19Cl2N3O2/c18-12-5-6-14(13(19)10-12)21-17(23)20-11-15(16-4-3-9-24-16)22-7-1-2-8-22/h3-6,9-10,15H,1-2,7-8,11H2,(H2,20,21,23)/t15-/m1/s1. The molecule has 1 aliphatic rings. The number of rotatable bonds is 5. The Morgan fingerprint density at radius 2 is 2.04 bits per heavy atom. The van der Waals surface area contributed by atoms with Crippen molar-refractivity contribution in [2.75, 3.05) is 25.0 Å². The molecule has 1 aromatic heterocycles. The Kier molecular flexibility index (Phi) is 5.66. The summed E-state index contributed by atoms with van der Waals surface area (Å²) in [5.41, 5.74) is 0.522. The first-order valence-electron chi connectivity index (χ1n) is 7.91. The van der Waals surface area contributed by atoms with Crippen molar-refractivity contribution < 1.29 is 9.21 Å². The molecular formula is C17H19Cl2N3O2. The van der Waals surface area contributed by atoms with Gasteiger partial charge in [0, 0.05) is 11.6 Å². The third-order valence-corrected chi connectivity index (χ3v) is 4.64. The van der Waals surface area contributed by atoms with E-state index in [9.17, 15) is 4.79 Å². The number of furan rings is 1. The Bertz CT molecular complexity index is 685. The molecule has 0 bridgehead atoms. The molecule has 0 radical (unpaired) electrons. The highest BCUT2D eigenvalue weighted by molar-refractivity contribution is 6.36. The fourth-order valence-electron chi connectivity index (χ4n) is 2.89. The van der Waals surface area contributed by atoms with Crippen molar-refractivity contribution >= 4 is 34.9 Å². The molecule has 2 heterocycles. The number of benzene rings is 1. The lowest BCUT2D eigenvalue weighted by atomic mass is 10.2. The van der Waals surface area contributed by atoms with E-state index in [1.54, 1.807) is 24.5 Å². The van der Waals surface area contributed by atoms with Gasteiger partial charge in [0.1, 0.15) is 5.76 Å². The zero-order valence-corrected chi connectivity index (χ0v) is 14.6. The van der Waals surface area contributed by atoms with Gasteiger partial charge in [-0.3, -0.25) is 4.90 Å². The van der Waals surface area contributed by atoms with Crippen LogP contribution >= 0.6 is 23.2 Å². The first-order valence-corrected chi connectivity index (χ1v) is 8.66. The number of halogens is 2. The molecular weight excluding hydrogens is 349 g/mol. The average molecular weight is 368 g/mol. The summed E-state index contributed by atoms with van der Waals surface area (Å²) < 4.78 is 5.54. The maximum atomic E-state index is 12.2. The van der Waals surface area contributed by atoms with E-state index in [0.29, 0.717) is 22.3 Å². The Hall–Kier alpha value is -1.69. The molecule has 0 unspecified atom stereocenters. The van der Waals surface area contributed by atoms with Gasteiger partial charge in [0.2, 0.25) is 0 Å². The van der Waals surface area contributed by atoms with E-state index in [-0.39, 0.29) is 12.1 Å². The smallest absolute Gasteiger partial charge is 0.319 e. The molecule has 1 fully saturated rings. The van der Waals surface area contributed by atoms with Crippen LogP contribution in [0.3, 0.4) is 0 Å². The lowest BCUT2D eigenvalue weighted by Gasteiger charge is -2.26. The Labute approximate surface area is 150 Å². The topological polar surface area (TPSA) is 57.5 Å². The summed E-state index contributed by atoms with van der Waals surface area (Å²) >= 11 is 11.9. The highest BCUT2D eigenvalue weighted by Crippen LogP contribution is 2.26. The van der Waals surface area contributed by atoms with Crippen LogP contribution in [0.15, 0.2) is 41.0 Å². The Morgan fingerprint density at radius 1 is 1.25 bits per heavy atom. The molecule has 1 aliphatic heterocycles. The zero-order valence-electron chi connectivity index (χ0n) is 13.1. The van der Waals surface area contributed by atoms with Gasteiger partial charge in [-0.25, -0.2) is 4.79 Å². The van der Waals surface area contributed by atoms with Crippen molar-refractivity contribution in [1.82, 2.24) is 10.2 Å². The number of carbonyl (C=O) groups excluding carboxylic acids is 1. The fraction of sp³-hybridized carbons (Fsp3) is 0.353. The number of hydrogen-bond donors (Lipinski definition) is 2. The molecule has 1 saturated heterocycles. The predicted molar refractivity (Wildman–Crippen MR) is 95.7 cm³/mol. The number of nitrogens with one attached hydrogen (secondary N) is 2. The largest absolute Gasteiger partial charge is 0.468 e. The van der Waals surface area contributed by atoms with Crippen LogP contribution in [0.2, 0.25) is 10.0 Å². The second kappa shape index (κ2) is 7.92. The number of anilines is 1. The molecule has 2 aromatic rings. The number of nitrogens with zero attached hydrogens (tertiary/aromatic N) is 1. The number of urea groups is 1. The molecule has 0 saturated carbocycles. The number of hydrogen-bond acceptors (Lipinski definition) is 3. The van der Waals surface area contributed by atoms with Gasteiger partial charge in [-0.2, -0.15) is 0 Å². The zero-order chi connectivity index (χ0) is 16.9. The van der Waals surface area contributed by atoms with Crippen molar-refractivity contribution in [3.63, 3.8) is 0 Å². The molecule has 5 nitrogen and oxygen atoms in total. The SMILES string of the molecule is O=C(NC[C@H](c1ccco1)N1CCCC1)Nc1ccc(Cl)cc1Cl. The van der Waals surface area contributed by atoms with Crippen molar-refractivity contribution in [2.24, 2.45) is 0 Å². The van der Waals surface area contributed by atoms with Crippen molar-refractivity contribution in [1.29, 1.82) is 0 Å². The summed E-state index contributed by atoms with van der Waals surface area (Å²) in [6.07, 6.45) is 4.00. The van der Waals surface area contributed by atoms with Gasteiger partial charge in [-0.15, -0.1) is 0 Å². The van der Waals surface area contributed by atoms with E-state index >= 15 is 0 Å². The third kappa shape index (κ3) is 4.23. The molecule has 0 aliphatic carbocycles. The molecule has 2 N–H and O–H groups in total. The summed E-state index contributed by atoms with van der Waals surface area (Å²) in [6.45, 7) is 2.49. The lowest BCUT2D eigenvalue weighted by molar-refractivity contribution is 0.207. The molecule has 24 heavy (non-hydrogen) atoms. The second-order valence-electron chi connectivity index (χ2n) is 5.73. The van der Waals surface area contributed by atoms with Crippen molar-refractivity contribution in [3.8, 4) is 0 Å². The molecule has 7 heteroatoms. The van der Waals surface area contributed by atoms with Gasteiger partial charge in [0.05, 0.1) is 23.0 Å². The minimum Gasteiger partial charge on any atom is -0.468 e. The lowest BCUT2D eigenvalue weighted by Crippen LogP contribution is -2.38. The van der Waals surface area contributed by atoms with Crippen LogP contribution in [-0.2, 0) is 0 Å². The molecule has 2 amide bonds. The number of likely N-dealkylation sites (tertiary alicyclic amines) is 1. The van der Waals surface area contributed by atoms with Crippen LogP contribution in [0.1, 0.15) is 24.6 Å². The van der Waals surface area contributed by atoms with E-state index in [2.05, 4.69) is 15.5 Å². The van der Waals surface area contributed by atoms with Crippen LogP contribution < -0.4 is 10.6 Å². The fourth-order valence-corrected chi connectivity index (χ4v) is 3.35. The van der Waals surface area contributed by atoms with Gasteiger partial charge < -0.3 is 15.1 Å². The Morgan fingerprint density at radius 3 is 2.71 bits per heavy atom. The molecule has 0 spiro atoms. The molecule has 3 rings (SSSR count). The summed E-state index contributed by atoms with van der Waals surface area (Å²) in [5.74, 6) is 0.863. The van der Waals surface area contributed by atoms with Crippen LogP contribution in [0.25, 0.3) is 0 Å². The van der Waals surface area contributed by atoms with Gasteiger partial charge >= 0.3 is 6.03 Å². The van der Waals surface area contributed by atoms with Crippen LogP contribution in [0.4, 0.5) is 10.5 Å². The van der Waals surface area contributed by atoms with Crippen molar-refractivity contribution in [3.05, 3.63) is 52.4 Å². The van der Waals surface area contributed by atoms with Crippen LogP contribution in [0.5, 0.6) is 0 Å². The average Bonchev–Trinajstić information content (AvgIpc) is 3.24. The van der Waals surface area contributed by atoms with Gasteiger partial charge in [0.15, 0.2) is 0 Å². The summed E-state index contributed by atoms with van der Waals surface area (Å²) in [5, 5.41) is 6.56. The minimum atomic E-state index is -0.310. The van der Waals surface area contributed by atoms with Crippen LogP contribution in [0, 0.1) is 0 Å². The van der Waals surface area contributed by atoms with Gasteiger partial charge in [0.25, 0.3) is 0 Å². The first-order chi connectivity index (χ1) is 11.6. The minimum absolute atomic E-state index is 0.0361. The second-order valence-corrected chi connectivity index (χ2v) is 6.58. The van der Waals surface area contributed by atoms with Gasteiger partial charge in [-0.1, -0.05) is 23.2 Å². The monoisotopic (exact) mass is 367 g/mol. The van der Waals surface area contributed by atoms with E-state index in [4.69, 9.17) is 27.6 Å². The quantitative estimate of drug-likeness (QED) is 0.814. The summed E-state index contributed by atoms with van der Waals surface area (Å²) in [4.78, 5) is 14.5. The molecule has 1 aromatic carbocycles. The predicted octanol–water partition coefficient (Wildman–Crippen LogP) is 4.55. The van der Waals surface area contributed by atoms with E-state index < -0.39 is 0 Å². The maximum absolute atomic E-state index is 12.2. The van der Waals surface area contributed by atoms with E-state index in [0.717, 1.165) is 18.8 Å². The highest BCUT2D eigenvalue weighted by Gasteiger charge is 2.25. The van der Waals surface area contributed by atoms with E-state index in [1.165, 1.54) is 12.8 Å².